The first-order valence-corrected chi connectivity index (χ1v) is 7.14. The summed E-state index contributed by atoms with van der Waals surface area (Å²) in [6, 6.07) is 0. The minimum Gasteiger partial charge on any atom is -0.384 e. The summed E-state index contributed by atoms with van der Waals surface area (Å²) in [6.07, 6.45) is 6.02. The molecule has 0 aliphatic carbocycles. The van der Waals surface area contributed by atoms with Crippen LogP contribution in [0.2, 0.25) is 0 Å². The average molecular weight is 269 g/mol. The Bertz CT molecular complexity index is 388. The number of rotatable bonds is 4. The lowest BCUT2D eigenvalue weighted by Crippen LogP contribution is -2.24. The molecule has 0 spiro atoms. The second-order valence-corrected chi connectivity index (χ2v) is 6.13. The number of methoxy groups -OCH3 is 1. The molecular formula is C9H15ClNO4S+. The summed E-state index contributed by atoms with van der Waals surface area (Å²) >= 11 is 0. The highest BCUT2D eigenvalue weighted by molar-refractivity contribution is 8.13. The molecule has 1 N–H and O–H groups in total. The third-order valence-electron chi connectivity index (χ3n) is 1.37. The number of hydrogen-bond acceptors (Lipinski definition) is 4. The van der Waals surface area contributed by atoms with Crippen LogP contribution in [0.4, 0.5) is 0 Å². The van der Waals surface area contributed by atoms with E-state index in [0.29, 0.717) is 13.2 Å². The summed E-state index contributed by atoms with van der Waals surface area (Å²) in [5.74, 6) is 2.93. The Kier molecular flexibility index (Phi) is 7.29. The number of nitrogens with zero attached hydrogens (tertiary/aromatic N) is 1. The van der Waals surface area contributed by atoms with Crippen LogP contribution in [0.3, 0.4) is 0 Å². The van der Waals surface area contributed by atoms with Gasteiger partial charge in [-0.3, -0.25) is 0 Å². The van der Waals surface area contributed by atoms with Gasteiger partial charge in [-0.15, -0.1) is 0 Å². The standard InChI is InChI=1S/C8H12NO2.CH3ClO2S/c1-11-7-8(10)6-9-4-2-3-5-9;1-5(2,3)4/h2-4,8,10H,6-7H2,1H3;1H3/q+1;/t8-;/m0./s1. The zero-order valence-corrected chi connectivity index (χ0v) is 10.7. The maximum absolute atomic E-state index is 9.40. The Labute approximate surface area is 99.7 Å². The Balaban J connectivity index is 0.000000385. The number of aliphatic hydroxyl groups is 1. The summed E-state index contributed by atoms with van der Waals surface area (Å²) in [5, 5.41) is 9.26. The highest BCUT2D eigenvalue weighted by atomic mass is 35.7. The molecule has 0 radical (unpaired) electrons. The van der Waals surface area contributed by atoms with Crippen LogP contribution in [0, 0.1) is 0 Å². The minimum absolute atomic E-state index is 0.367. The van der Waals surface area contributed by atoms with Gasteiger partial charge in [-0.1, -0.05) is 0 Å². The molecule has 0 bridgehead atoms. The van der Waals surface area contributed by atoms with Gasteiger partial charge in [0.25, 0.3) is 0 Å². The van der Waals surface area contributed by atoms with Crippen molar-refractivity contribution < 1.29 is 22.8 Å². The van der Waals surface area contributed by atoms with E-state index < -0.39 is 15.2 Å². The molecule has 0 aromatic heterocycles. The van der Waals surface area contributed by atoms with Crippen molar-refractivity contribution in [1.82, 2.24) is 0 Å². The lowest BCUT2D eigenvalue weighted by molar-refractivity contribution is -0.460. The normalized spacial score (nSPS) is 15.4. The Morgan fingerprint density at radius 2 is 2.19 bits per heavy atom. The van der Waals surface area contributed by atoms with Gasteiger partial charge < -0.3 is 9.84 Å². The molecule has 5 nitrogen and oxygen atoms in total. The molecule has 0 saturated heterocycles. The first-order valence-electron chi connectivity index (χ1n) is 4.42. The van der Waals surface area contributed by atoms with Crippen LogP contribution in [-0.2, 0) is 13.8 Å². The lowest BCUT2D eigenvalue weighted by atomic mass is 10.4. The van der Waals surface area contributed by atoms with E-state index in [1.807, 2.05) is 12.3 Å². The van der Waals surface area contributed by atoms with E-state index in [2.05, 4.69) is 16.6 Å². The maximum Gasteiger partial charge on any atom is 0.229 e. The summed E-state index contributed by atoms with van der Waals surface area (Å²) < 4.78 is 25.4. The van der Waals surface area contributed by atoms with Gasteiger partial charge in [0.15, 0.2) is 18.6 Å². The number of β-amino-alcohol motifs (C(OH)–C–C–N with tert-alkyl or cyclic N) is 1. The molecule has 92 valence electrons. The highest BCUT2D eigenvalue weighted by Gasteiger charge is 2.11. The van der Waals surface area contributed by atoms with Crippen molar-refractivity contribution in [3.05, 3.63) is 18.4 Å². The van der Waals surface area contributed by atoms with Crippen LogP contribution in [0.25, 0.3) is 0 Å². The van der Waals surface area contributed by atoms with Gasteiger partial charge >= 0.3 is 0 Å². The van der Waals surface area contributed by atoms with Crippen molar-refractivity contribution in [2.24, 2.45) is 0 Å². The fourth-order valence-electron chi connectivity index (χ4n) is 0.914. The van der Waals surface area contributed by atoms with Gasteiger partial charge in [-0.2, -0.15) is 4.58 Å². The molecule has 1 heterocycles. The van der Waals surface area contributed by atoms with Gasteiger partial charge in [-0.25, -0.2) is 8.42 Å². The van der Waals surface area contributed by atoms with E-state index in [9.17, 15) is 13.5 Å². The zero-order valence-electron chi connectivity index (χ0n) is 9.13. The maximum atomic E-state index is 9.40. The Morgan fingerprint density at radius 1 is 1.62 bits per heavy atom. The van der Waals surface area contributed by atoms with Crippen LogP contribution < -0.4 is 0 Å². The van der Waals surface area contributed by atoms with Crippen LogP contribution in [0.15, 0.2) is 18.4 Å². The Morgan fingerprint density at radius 3 is 2.56 bits per heavy atom. The van der Waals surface area contributed by atoms with Gasteiger partial charge in [0.1, 0.15) is 6.10 Å². The SMILES string of the molecule is COC[C@@H](O)C[N+]1=C=CC=C1.CS(=O)(=O)Cl. The van der Waals surface area contributed by atoms with Crippen LogP contribution in [-0.4, -0.2) is 56.6 Å². The molecule has 1 aliphatic heterocycles. The molecule has 1 aliphatic rings. The first-order chi connectivity index (χ1) is 7.33. The topological polar surface area (TPSA) is 66.6 Å². The van der Waals surface area contributed by atoms with E-state index in [0.717, 1.165) is 6.26 Å². The first kappa shape index (κ1) is 15.3. The predicted molar refractivity (Wildman–Crippen MR) is 62.4 cm³/mol. The fourth-order valence-corrected chi connectivity index (χ4v) is 0.914. The van der Waals surface area contributed by atoms with Crippen molar-refractivity contribution in [2.75, 3.05) is 26.5 Å². The number of halogens is 1. The molecule has 7 heteroatoms. The molecule has 16 heavy (non-hydrogen) atoms. The van der Waals surface area contributed by atoms with Gasteiger partial charge in [-0.05, 0) is 0 Å². The average Bonchev–Trinajstić information content (AvgIpc) is 2.53. The van der Waals surface area contributed by atoms with E-state index in [-0.39, 0.29) is 0 Å². The Hall–Kier alpha value is -0.650. The summed E-state index contributed by atoms with van der Waals surface area (Å²) in [6.45, 7) is 0.910. The number of hydrogen-bond donors (Lipinski definition) is 1. The molecule has 0 aromatic carbocycles. The third-order valence-corrected chi connectivity index (χ3v) is 1.37. The summed E-state index contributed by atoms with van der Waals surface area (Å²) in [7, 11) is 2.88. The largest absolute Gasteiger partial charge is 0.384 e. The molecule has 0 amide bonds. The minimum atomic E-state index is -3.19. The molecule has 1 rings (SSSR count). The van der Waals surface area contributed by atoms with E-state index >= 15 is 0 Å². The predicted octanol–water partition coefficient (Wildman–Crippen LogP) is -0.0558. The molecular weight excluding hydrogens is 254 g/mol. The number of aliphatic hydroxyl groups excluding tert-OH is 1. The molecule has 0 saturated carbocycles. The van der Waals surface area contributed by atoms with Crippen LogP contribution in [0.5, 0.6) is 0 Å². The molecule has 0 fully saturated rings. The van der Waals surface area contributed by atoms with Gasteiger partial charge in [0.2, 0.25) is 9.05 Å². The fraction of sp³-hybridized carbons (Fsp3) is 0.556. The van der Waals surface area contributed by atoms with Crippen molar-refractivity contribution in [1.29, 1.82) is 0 Å². The van der Waals surface area contributed by atoms with E-state index in [4.69, 9.17) is 4.74 Å². The van der Waals surface area contributed by atoms with Gasteiger partial charge in [0.05, 0.1) is 18.9 Å². The van der Waals surface area contributed by atoms with E-state index in [1.165, 1.54) is 0 Å². The monoisotopic (exact) mass is 268 g/mol. The quantitative estimate of drug-likeness (QED) is 0.573. The molecule has 0 unspecified atom stereocenters. The number of ether oxygens (including phenoxy) is 1. The molecule has 0 aromatic rings. The lowest BCUT2D eigenvalue weighted by Gasteiger charge is -2.03. The third kappa shape index (κ3) is 11.4. The van der Waals surface area contributed by atoms with Gasteiger partial charge in [0, 0.05) is 23.9 Å². The van der Waals surface area contributed by atoms with Crippen molar-refractivity contribution in [3.8, 4) is 0 Å². The second-order valence-electron chi connectivity index (χ2n) is 3.08. The van der Waals surface area contributed by atoms with Crippen molar-refractivity contribution in [2.45, 2.75) is 6.10 Å². The van der Waals surface area contributed by atoms with E-state index in [1.54, 1.807) is 17.8 Å². The highest BCUT2D eigenvalue weighted by Crippen LogP contribution is 1.90. The van der Waals surface area contributed by atoms with Crippen LogP contribution >= 0.6 is 10.7 Å². The van der Waals surface area contributed by atoms with Crippen molar-refractivity contribution >= 4 is 25.6 Å². The smallest absolute Gasteiger partial charge is 0.229 e. The molecule has 1 atom stereocenters. The number of allylic oxidation sites excluding steroid dienone is 2. The van der Waals surface area contributed by atoms with Crippen LogP contribution in [0.1, 0.15) is 0 Å². The summed E-state index contributed by atoms with van der Waals surface area (Å²) in [5.41, 5.74) is 0. The summed E-state index contributed by atoms with van der Waals surface area (Å²) in [4.78, 5) is 0. The zero-order chi connectivity index (χ0) is 12.6. The van der Waals surface area contributed by atoms with Crippen molar-refractivity contribution in [3.63, 3.8) is 0 Å². The second kappa shape index (κ2) is 7.60.